The number of likely N-dealkylation sites (N-methyl/N-ethyl adjacent to an activating group) is 1. The number of aromatic nitrogens is 1. The number of halogens is 2. The van der Waals surface area contributed by atoms with Crippen LogP contribution in [0.2, 0.25) is 5.02 Å². The predicted molar refractivity (Wildman–Crippen MR) is 112 cm³/mol. The van der Waals surface area contributed by atoms with Crippen LogP contribution in [0.3, 0.4) is 0 Å². The zero-order valence-electron chi connectivity index (χ0n) is 16.0. The van der Waals surface area contributed by atoms with E-state index < -0.39 is 20.7 Å². The van der Waals surface area contributed by atoms with Crippen LogP contribution in [-0.4, -0.2) is 44.5 Å². The lowest BCUT2D eigenvalue weighted by molar-refractivity contribution is 0.211. The van der Waals surface area contributed by atoms with Gasteiger partial charge < -0.3 is 10.2 Å². The highest BCUT2D eigenvalue weighted by atomic mass is 35.5. The monoisotopic (exact) mass is 446 g/mol. The molecule has 0 aliphatic heterocycles. The molecule has 1 aliphatic rings. The Morgan fingerprint density at radius 1 is 1.29 bits per heavy atom. The molecular weight excluding hydrogens is 423 g/mol. The van der Waals surface area contributed by atoms with Gasteiger partial charge in [-0.05, 0) is 46.0 Å². The Morgan fingerprint density at radius 2 is 2.00 bits per heavy atom. The van der Waals surface area contributed by atoms with Crippen molar-refractivity contribution in [3.8, 4) is 0 Å². The van der Waals surface area contributed by atoms with E-state index in [0.29, 0.717) is 11.7 Å². The molecule has 0 radical (unpaired) electrons. The zero-order chi connectivity index (χ0) is 20.5. The number of rotatable bonds is 6. The summed E-state index contributed by atoms with van der Waals surface area (Å²) in [5.41, 5.74) is 0.405. The van der Waals surface area contributed by atoms with E-state index in [9.17, 15) is 12.8 Å². The van der Waals surface area contributed by atoms with Gasteiger partial charge in [0.2, 0.25) is 0 Å². The minimum absolute atomic E-state index is 0.125. The lowest BCUT2D eigenvalue weighted by Gasteiger charge is -2.37. The minimum Gasteiger partial charge on any atom is -0.379 e. The fourth-order valence-electron chi connectivity index (χ4n) is 3.51. The third kappa shape index (κ3) is 4.76. The van der Waals surface area contributed by atoms with Crippen LogP contribution in [0.5, 0.6) is 0 Å². The molecule has 2 aromatic rings. The smallest absolute Gasteiger partial charge is 0.266 e. The highest BCUT2D eigenvalue weighted by Gasteiger charge is 2.28. The molecule has 28 heavy (non-hydrogen) atoms. The largest absolute Gasteiger partial charge is 0.379 e. The van der Waals surface area contributed by atoms with Gasteiger partial charge in [0.05, 0.1) is 10.7 Å². The molecular formula is C18H24ClFN4O2S2. The molecule has 154 valence electrons. The molecule has 1 aliphatic carbocycles. The van der Waals surface area contributed by atoms with Gasteiger partial charge in [-0.1, -0.05) is 24.4 Å². The Kier molecular flexibility index (Phi) is 6.48. The number of hydrogen-bond acceptors (Lipinski definition) is 6. The first kappa shape index (κ1) is 21.3. The molecule has 1 heterocycles. The van der Waals surface area contributed by atoms with E-state index in [4.69, 9.17) is 11.6 Å². The molecule has 0 unspecified atom stereocenters. The van der Waals surface area contributed by atoms with Gasteiger partial charge in [-0.15, -0.1) is 11.3 Å². The number of nitrogens with one attached hydrogen (secondary N) is 2. The van der Waals surface area contributed by atoms with Gasteiger partial charge in [0, 0.05) is 23.2 Å². The predicted octanol–water partition coefficient (Wildman–Crippen LogP) is 4.33. The molecule has 1 fully saturated rings. The lowest BCUT2D eigenvalue weighted by atomic mass is 9.89. The maximum Gasteiger partial charge on any atom is 0.266 e. The second-order valence-electron chi connectivity index (χ2n) is 7.21. The molecule has 1 saturated carbocycles. The van der Waals surface area contributed by atoms with Crippen LogP contribution < -0.4 is 10.0 Å². The Labute approximate surface area is 174 Å². The number of hydrogen-bond donors (Lipinski definition) is 2. The van der Waals surface area contributed by atoms with Gasteiger partial charge >= 0.3 is 0 Å². The number of anilines is 2. The summed E-state index contributed by atoms with van der Waals surface area (Å²) < 4.78 is 42.1. The van der Waals surface area contributed by atoms with Gasteiger partial charge in [-0.3, -0.25) is 4.72 Å². The van der Waals surface area contributed by atoms with Crippen molar-refractivity contribution in [3.05, 3.63) is 34.0 Å². The van der Waals surface area contributed by atoms with Crippen molar-refractivity contribution in [1.29, 1.82) is 0 Å². The number of sulfonamides is 1. The van der Waals surface area contributed by atoms with Crippen molar-refractivity contribution in [2.75, 3.05) is 24.1 Å². The van der Waals surface area contributed by atoms with E-state index in [1.54, 1.807) is 13.1 Å². The summed E-state index contributed by atoms with van der Waals surface area (Å²) in [5.74, 6) is -0.857. The first-order valence-electron chi connectivity index (χ1n) is 9.04. The molecule has 2 N–H and O–H groups in total. The molecule has 6 nitrogen and oxygen atoms in total. The summed E-state index contributed by atoms with van der Waals surface area (Å²) in [6.45, 7) is 1.81. The van der Waals surface area contributed by atoms with Crippen LogP contribution >= 0.6 is 22.9 Å². The van der Waals surface area contributed by atoms with Gasteiger partial charge in [-0.2, -0.15) is 0 Å². The Hall–Kier alpha value is -1.42. The summed E-state index contributed by atoms with van der Waals surface area (Å²) >= 11 is 7.49. The molecule has 0 spiro atoms. The molecule has 0 amide bonds. The fourth-order valence-corrected chi connectivity index (χ4v) is 5.79. The second-order valence-corrected chi connectivity index (χ2v) is 10.5. The van der Waals surface area contributed by atoms with Crippen LogP contribution in [0.15, 0.2) is 23.2 Å². The normalized spacial score (nSPS) is 20.4. The van der Waals surface area contributed by atoms with Gasteiger partial charge in [0.1, 0.15) is 10.7 Å². The van der Waals surface area contributed by atoms with Crippen molar-refractivity contribution in [1.82, 2.24) is 9.88 Å². The minimum atomic E-state index is -4.12. The number of nitrogens with zero attached hydrogens (tertiary/aromatic N) is 2. The maximum absolute atomic E-state index is 14.7. The average molecular weight is 447 g/mol. The van der Waals surface area contributed by atoms with Crippen LogP contribution in [0.1, 0.15) is 30.6 Å². The first-order valence-corrected chi connectivity index (χ1v) is 11.7. The highest BCUT2D eigenvalue weighted by molar-refractivity contribution is 7.93. The topological polar surface area (TPSA) is 74.3 Å². The van der Waals surface area contributed by atoms with E-state index >= 15 is 0 Å². The Bertz CT molecular complexity index is 949. The number of thiazole rings is 1. The molecule has 0 saturated heterocycles. The third-order valence-electron chi connectivity index (χ3n) is 4.89. The summed E-state index contributed by atoms with van der Waals surface area (Å²) in [6, 6.07) is 2.74. The standard InChI is InChI=1S/C18H24ClFN4O2S2/c1-11-10-21-18(27-11)23-28(25,26)17-8-12(19)15(9-13(17)20)22-14-6-4-5-7-16(14)24(2)3/h8-10,14,16,22H,4-7H2,1-3H3,(H,21,23)/t14-,16-/m0/s1. The fraction of sp³-hybridized carbons (Fsp3) is 0.500. The van der Waals surface area contributed by atoms with Crippen LogP contribution in [-0.2, 0) is 10.0 Å². The van der Waals surface area contributed by atoms with E-state index in [0.717, 1.165) is 42.7 Å². The second kappa shape index (κ2) is 8.52. The van der Waals surface area contributed by atoms with Crippen molar-refractivity contribution in [3.63, 3.8) is 0 Å². The van der Waals surface area contributed by atoms with E-state index in [2.05, 4.69) is 19.9 Å². The first-order chi connectivity index (χ1) is 13.2. The van der Waals surface area contributed by atoms with Crippen LogP contribution in [0, 0.1) is 12.7 Å². The van der Waals surface area contributed by atoms with Crippen LogP contribution in [0.4, 0.5) is 15.2 Å². The summed E-state index contributed by atoms with van der Waals surface area (Å²) in [6.07, 6.45) is 5.79. The van der Waals surface area contributed by atoms with Crippen molar-refractivity contribution < 1.29 is 12.8 Å². The SMILES string of the molecule is Cc1cnc(NS(=O)(=O)c2cc(Cl)c(N[C@H]3CCCC[C@@H]3N(C)C)cc2F)s1. The highest BCUT2D eigenvalue weighted by Crippen LogP contribution is 2.32. The summed E-state index contributed by atoms with van der Waals surface area (Å²) in [5, 5.41) is 3.67. The van der Waals surface area contributed by atoms with Gasteiger partial charge in [-0.25, -0.2) is 17.8 Å². The molecule has 0 bridgehead atoms. The zero-order valence-corrected chi connectivity index (χ0v) is 18.4. The van der Waals surface area contributed by atoms with E-state index in [1.807, 2.05) is 14.1 Å². The Morgan fingerprint density at radius 3 is 2.64 bits per heavy atom. The lowest BCUT2D eigenvalue weighted by Crippen LogP contribution is -2.45. The quantitative estimate of drug-likeness (QED) is 0.690. The van der Waals surface area contributed by atoms with Crippen molar-refractivity contribution >= 4 is 43.8 Å². The molecule has 1 aromatic heterocycles. The molecule has 10 heteroatoms. The van der Waals surface area contributed by atoms with E-state index in [1.165, 1.54) is 11.3 Å². The summed E-state index contributed by atoms with van der Waals surface area (Å²) in [4.78, 5) is 6.46. The molecule has 1 aromatic carbocycles. The molecule has 2 atom stereocenters. The third-order valence-corrected chi connectivity index (χ3v) is 7.51. The average Bonchev–Trinajstić information content (AvgIpc) is 3.02. The van der Waals surface area contributed by atoms with Gasteiger partial charge in [0.15, 0.2) is 5.13 Å². The van der Waals surface area contributed by atoms with Crippen LogP contribution in [0.25, 0.3) is 0 Å². The van der Waals surface area contributed by atoms with Crippen molar-refractivity contribution in [2.24, 2.45) is 0 Å². The number of aryl methyl sites for hydroxylation is 1. The Balaban J connectivity index is 1.84. The van der Waals surface area contributed by atoms with E-state index in [-0.39, 0.29) is 16.2 Å². The number of benzene rings is 1. The maximum atomic E-state index is 14.7. The molecule has 3 rings (SSSR count). The summed E-state index contributed by atoms with van der Waals surface area (Å²) in [7, 11) is -0.0801. The van der Waals surface area contributed by atoms with Crippen molar-refractivity contribution in [2.45, 2.75) is 49.6 Å². The van der Waals surface area contributed by atoms with Gasteiger partial charge in [0.25, 0.3) is 10.0 Å².